The maximum absolute atomic E-state index is 14.2. The van der Waals surface area contributed by atoms with Gasteiger partial charge in [-0.25, -0.2) is 4.98 Å². The molecular formula is C51H55N9O4S2. The number of fused-ring (bicyclic) bond motifs is 3. The van der Waals surface area contributed by atoms with Gasteiger partial charge in [-0.2, -0.15) is 0 Å². The van der Waals surface area contributed by atoms with Crippen LogP contribution in [0.5, 0.6) is 0 Å². The van der Waals surface area contributed by atoms with Gasteiger partial charge in [0.2, 0.25) is 11.8 Å². The van der Waals surface area contributed by atoms with E-state index in [1.54, 1.807) is 33.8 Å². The van der Waals surface area contributed by atoms with Crippen LogP contribution in [0.25, 0.3) is 32.1 Å². The minimum Gasteiger partial charge on any atom is -0.469 e. The molecule has 0 aliphatic carbocycles. The topological polar surface area (TPSA) is 168 Å². The summed E-state index contributed by atoms with van der Waals surface area (Å²) in [7, 11) is 1.38. The Kier molecular flexibility index (Phi) is 13.6. The maximum atomic E-state index is 14.2. The highest BCUT2D eigenvalue weighted by atomic mass is 32.1. The monoisotopic (exact) mass is 921 g/mol. The fraction of sp³-hybridized carbons (Fsp3) is 0.333. The minimum absolute atomic E-state index is 0.0366. The summed E-state index contributed by atoms with van der Waals surface area (Å²) in [6.45, 7) is 14.5. The van der Waals surface area contributed by atoms with Crippen molar-refractivity contribution in [2.45, 2.75) is 91.9 Å². The van der Waals surface area contributed by atoms with Gasteiger partial charge in [0.1, 0.15) is 29.0 Å². The van der Waals surface area contributed by atoms with E-state index >= 15 is 0 Å². The average molecular weight is 922 g/mol. The van der Waals surface area contributed by atoms with E-state index in [4.69, 9.17) is 15.1 Å². The van der Waals surface area contributed by atoms with Gasteiger partial charge in [0.05, 0.1) is 41.4 Å². The number of allylic oxidation sites excluding steroid dienone is 1. The van der Waals surface area contributed by atoms with Gasteiger partial charge < -0.3 is 25.7 Å². The van der Waals surface area contributed by atoms with Crippen LogP contribution in [0.1, 0.15) is 102 Å². The van der Waals surface area contributed by atoms with E-state index in [1.807, 2.05) is 81.1 Å². The van der Waals surface area contributed by atoms with E-state index in [9.17, 15) is 14.4 Å². The third kappa shape index (κ3) is 9.14. The number of ether oxygens (including phenoxy) is 1. The van der Waals surface area contributed by atoms with Gasteiger partial charge in [0.15, 0.2) is 5.82 Å². The molecule has 8 rings (SSSR count). The summed E-state index contributed by atoms with van der Waals surface area (Å²) in [4.78, 5) is 54.0. The predicted octanol–water partition coefficient (Wildman–Crippen LogP) is 9.28. The van der Waals surface area contributed by atoms with Crippen LogP contribution in [0.2, 0.25) is 0 Å². The Morgan fingerprint density at radius 3 is 2.21 bits per heavy atom. The summed E-state index contributed by atoms with van der Waals surface area (Å²) in [5.41, 5.74) is 12.2. The zero-order valence-electron chi connectivity index (χ0n) is 38.5. The molecule has 66 heavy (non-hydrogen) atoms. The summed E-state index contributed by atoms with van der Waals surface area (Å²) >= 11 is 3.27. The Bertz CT molecular complexity index is 2840. The number of esters is 1. The summed E-state index contributed by atoms with van der Waals surface area (Å²) in [6.07, 6.45) is 4.39. The third-order valence-electron chi connectivity index (χ3n) is 12.7. The van der Waals surface area contributed by atoms with Crippen LogP contribution in [-0.4, -0.2) is 80.1 Å². The molecule has 6 aromatic rings. The first kappa shape index (κ1) is 46.0. The lowest BCUT2D eigenvalue weighted by atomic mass is 9.96. The standard InChI is InChI=1S/C51H55N9O4S2/c1-28(2)45(50(63)59-23-9-10-42(59)49(62)55-30(4)34-11-21-39(22-12-34)47-31(5)54-27-65-47)53-26-40(25-52)37-15-13-35(14-16-37)36-17-19-38(20-18-36)46-44-29(3)32(6)66-51(44)60-33(7)57-58-48(60)41(56-46)24-43(61)64-8/h11-22,25-28,30,41-42,45,52-53H,9-10,23-24H2,1-8H3,(H,55,62)/b40-26+,52-25?/t30?,41?,42-,45?/m0/s1. The Balaban J connectivity index is 0.951. The van der Waals surface area contributed by atoms with E-state index in [2.05, 4.69) is 76.1 Å². The normalized spacial score (nSPS) is 16.8. The van der Waals surface area contributed by atoms with Crippen LogP contribution in [0.4, 0.5) is 0 Å². The first-order valence-electron chi connectivity index (χ1n) is 22.2. The number of aromatic nitrogens is 4. The number of methoxy groups -OCH3 is 1. The molecule has 3 aromatic heterocycles. The van der Waals surface area contributed by atoms with Gasteiger partial charge in [0, 0.05) is 40.5 Å². The second-order valence-electron chi connectivity index (χ2n) is 17.3. The second kappa shape index (κ2) is 19.5. The molecule has 0 saturated carbocycles. The number of likely N-dealkylation sites (tertiary alicyclic amines) is 1. The highest BCUT2D eigenvalue weighted by Gasteiger charge is 2.38. The fourth-order valence-electron chi connectivity index (χ4n) is 8.76. The first-order valence-corrected chi connectivity index (χ1v) is 23.9. The fourth-order valence-corrected chi connectivity index (χ4v) is 10.8. The molecule has 3 aromatic carbocycles. The molecule has 13 nitrogen and oxygen atoms in total. The van der Waals surface area contributed by atoms with Gasteiger partial charge in [0.25, 0.3) is 0 Å². The van der Waals surface area contributed by atoms with Crippen LogP contribution in [-0.2, 0) is 19.1 Å². The van der Waals surface area contributed by atoms with Crippen molar-refractivity contribution in [2.24, 2.45) is 10.9 Å². The molecule has 5 heterocycles. The minimum atomic E-state index is -0.597. The Hall–Kier alpha value is -6.58. The van der Waals surface area contributed by atoms with Crippen LogP contribution >= 0.6 is 22.7 Å². The van der Waals surface area contributed by atoms with E-state index < -0.39 is 18.1 Å². The Labute approximate surface area is 393 Å². The van der Waals surface area contributed by atoms with Crippen molar-refractivity contribution in [1.82, 2.24) is 35.3 Å². The molecule has 4 atom stereocenters. The number of nitrogens with zero attached hydrogens (tertiary/aromatic N) is 6. The number of benzene rings is 3. The molecule has 0 bridgehead atoms. The number of aryl methyl sites for hydroxylation is 3. The lowest BCUT2D eigenvalue weighted by Crippen LogP contribution is -2.53. The highest BCUT2D eigenvalue weighted by molar-refractivity contribution is 7.15. The number of hydrogen-bond acceptors (Lipinski definition) is 12. The van der Waals surface area contributed by atoms with E-state index in [1.165, 1.54) is 18.2 Å². The molecule has 2 aliphatic heterocycles. The van der Waals surface area contributed by atoms with Crippen LogP contribution in [0, 0.1) is 39.0 Å². The number of rotatable bonds is 14. The zero-order chi connectivity index (χ0) is 46.8. The number of thiazole rings is 1. The van der Waals surface area contributed by atoms with Gasteiger partial charge in [-0.1, -0.05) is 86.6 Å². The largest absolute Gasteiger partial charge is 0.469 e. The van der Waals surface area contributed by atoms with E-state index in [0.717, 1.165) is 78.0 Å². The molecule has 340 valence electrons. The summed E-state index contributed by atoms with van der Waals surface area (Å²) in [5, 5.41) is 24.6. The zero-order valence-corrected chi connectivity index (χ0v) is 40.1. The van der Waals surface area contributed by atoms with Crippen molar-refractivity contribution in [3.63, 3.8) is 0 Å². The Morgan fingerprint density at radius 2 is 1.58 bits per heavy atom. The van der Waals surface area contributed by atoms with Crippen molar-refractivity contribution in [2.75, 3.05) is 13.7 Å². The third-order valence-corrected chi connectivity index (χ3v) is 14.8. The second-order valence-corrected chi connectivity index (χ2v) is 19.3. The smallest absolute Gasteiger partial charge is 0.308 e. The summed E-state index contributed by atoms with van der Waals surface area (Å²) in [6, 6.07) is 22.4. The number of aliphatic imine (C=N–C) groups is 1. The molecule has 15 heteroatoms. The summed E-state index contributed by atoms with van der Waals surface area (Å²) < 4.78 is 7.07. The lowest BCUT2D eigenvalue weighted by molar-refractivity contribution is -0.141. The number of hydrogen-bond donors (Lipinski definition) is 3. The predicted molar refractivity (Wildman–Crippen MR) is 262 cm³/mol. The van der Waals surface area contributed by atoms with E-state index in [-0.39, 0.29) is 36.2 Å². The number of carbonyl (C=O) groups excluding carboxylic acids is 3. The SMILES string of the molecule is COC(=O)CC1N=C(c2ccc(-c3ccc(/C(C=N)=C/NC(C(=O)N4CCC[C@H]4C(=O)NC(C)c4ccc(-c5scnc5C)cc4)C(C)C)cc3)cc2)c2c(sc(C)c2C)-n2c(C)nnc21. The van der Waals surface area contributed by atoms with Crippen LogP contribution in [0.15, 0.2) is 89.5 Å². The summed E-state index contributed by atoms with van der Waals surface area (Å²) in [5.74, 6) is 0.591. The average Bonchev–Trinajstić information content (AvgIpc) is 4.12. The van der Waals surface area contributed by atoms with Crippen molar-refractivity contribution in [3.05, 3.63) is 135 Å². The van der Waals surface area contributed by atoms with Gasteiger partial charge in [-0.3, -0.25) is 23.9 Å². The van der Waals surface area contributed by atoms with Crippen LogP contribution < -0.4 is 10.6 Å². The molecule has 3 unspecified atom stereocenters. The molecule has 2 amide bonds. The Morgan fingerprint density at radius 1 is 0.909 bits per heavy atom. The van der Waals surface area contributed by atoms with Crippen molar-refractivity contribution >= 4 is 58.0 Å². The molecule has 1 saturated heterocycles. The lowest BCUT2D eigenvalue weighted by Gasteiger charge is -2.31. The van der Waals surface area contributed by atoms with Gasteiger partial charge in [-0.05, 0) is 86.8 Å². The number of thiophene rings is 1. The van der Waals surface area contributed by atoms with Crippen LogP contribution in [0.3, 0.4) is 0 Å². The van der Waals surface area contributed by atoms with Gasteiger partial charge >= 0.3 is 5.97 Å². The van der Waals surface area contributed by atoms with Crippen molar-refractivity contribution in [3.8, 4) is 26.6 Å². The highest BCUT2D eigenvalue weighted by Crippen LogP contribution is 2.40. The maximum Gasteiger partial charge on any atom is 0.308 e. The van der Waals surface area contributed by atoms with Crippen molar-refractivity contribution in [1.29, 1.82) is 5.41 Å². The molecular weight excluding hydrogens is 867 g/mol. The molecule has 0 radical (unpaired) electrons. The van der Waals surface area contributed by atoms with Gasteiger partial charge in [-0.15, -0.1) is 32.9 Å². The number of carbonyl (C=O) groups is 3. The van der Waals surface area contributed by atoms with Crippen molar-refractivity contribution < 1.29 is 19.1 Å². The quantitative estimate of drug-likeness (QED) is 0.0718. The first-order chi connectivity index (χ1) is 31.8. The molecule has 1 fully saturated rings. The molecule has 0 spiro atoms. The number of nitrogens with one attached hydrogen (secondary N) is 3. The number of amides is 2. The molecule has 2 aliphatic rings. The molecule has 3 N–H and O–H groups in total. The van der Waals surface area contributed by atoms with E-state index in [0.29, 0.717) is 24.4 Å².